The van der Waals surface area contributed by atoms with Gasteiger partial charge in [-0.2, -0.15) is 0 Å². The molecule has 0 saturated heterocycles. The van der Waals surface area contributed by atoms with Gasteiger partial charge in [-0.3, -0.25) is 9.59 Å². The second-order valence-corrected chi connectivity index (χ2v) is 8.09. The molecule has 26 heavy (non-hydrogen) atoms. The Balaban J connectivity index is 1.76. The summed E-state index contributed by atoms with van der Waals surface area (Å²) in [5.74, 6) is 0.154. The Kier molecular flexibility index (Phi) is 5.71. The van der Waals surface area contributed by atoms with E-state index in [0.717, 1.165) is 36.3 Å². The zero-order chi connectivity index (χ0) is 18.7. The first kappa shape index (κ1) is 18.6. The zero-order valence-electron chi connectivity index (χ0n) is 15.5. The minimum absolute atomic E-state index is 0.0394. The van der Waals surface area contributed by atoms with Crippen molar-refractivity contribution in [2.24, 2.45) is 5.92 Å². The first-order chi connectivity index (χ1) is 12.4. The van der Waals surface area contributed by atoms with Crippen LogP contribution in [0.2, 0.25) is 0 Å². The van der Waals surface area contributed by atoms with Gasteiger partial charge < -0.3 is 10.6 Å². The summed E-state index contributed by atoms with van der Waals surface area (Å²) >= 11 is 1.49. The van der Waals surface area contributed by atoms with Crippen LogP contribution < -0.4 is 10.6 Å². The van der Waals surface area contributed by atoms with E-state index in [9.17, 15) is 9.59 Å². The molecule has 2 amide bonds. The highest BCUT2D eigenvalue weighted by molar-refractivity contribution is 7.09. The molecule has 1 aliphatic carbocycles. The summed E-state index contributed by atoms with van der Waals surface area (Å²) in [6, 6.07) is 5.65. The number of amides is 2. The van der Waals surface area contributed by atoms with Crippen molar-refractivity contribution in [3.8, 4) is 0 Å². The predicted molar refractivity (Wildman–Crippen MR) is 106 cm³/mol. The third-order valence-corrected chi connectivity index (χ3v) is 5.80. The van der Waals surface area contributed by atoms with Crippen molar-refractivity contribution in [1.82, 2.24) is 4.98 Å². The molecular formula is C20H25N3O2S. The maximum absolute atomic E-state index is 12.6. The summed E-state index contributed by atoms with van der Waals surface area (Å²) in [7, 11) is 0. The molecule has 1 saturated carbocycles. The quantitative estimate of drug-likeness (QED) is 0.781. The van der Waals surface area contributed by atoms with Crippen LogP contribution in [0.5, 0.6) is 0 Å². The Bertz CT molecular complexity index is 807. The number of thiazole rings is 1. The number of aryl methyl sites for hydroxylation is 1. The second-order valence-electron chi connectivity index (χ2n) is 7.20. The van der Waals surface area contributed by atoms with Gasteiger partial charge in [-0.25, -0.2) is 4.98 Å². The van der Waals surface area contributed by atoms with Crippen LogP contribution in [-0.4, -0.2) is 16.8 Å². The van der Waals surface area contributed by atoms with Crippen LogP contribution in [0.1, 0.15) is 66.5 Å². The molecule has 0 atom stereocenters. The Labute approximate surface area is 158 Å². The van der Waals surface area contributed by atoms with Crippen molar-refractivity contribution in [3.63, 3.8) is 0 Å². The highest BCUT2D eigenvalue weighted by atomic mass is 32.1. The van der Waals surface area contributed by atoms with Gasteiger partial charge in [-0.05, 0) is 37.5 Å². The second kappa shape index (κ2) is 7.99. The van der Waals surface area contributed by atoms with Crippen LogP contribution in [0.25, 0.3) is 0 Å². The Hall–Kier alpha value is -2.21. The molecule has 1 aliphatic rings. The molecule has 138 valence electrons. The van der Waals surface area contributed by atoms with E-state index in [2.05, 4.69) is 29.5 Å². The van der Waals surface area contributed by atoms with E-state index in [1.807, 2.05) is 25.1 Å². The number of carbonyl (C=O) groups is 2. The van der Waals surface area contributed by atoms with Gasteiger partial charge in [0.1, 0.15) is 5.69 Å². The van der Waals surface area contributed by atoms with Crippen molar-refractivity contribution in [2.45, 2.75) is 52.4 Å². The average Bonchev–Trinajstić information content (AvgIpc) is 3.29. The van der Waals surface area contributed by atoms with Crippen molar-refractivity contribution in [2.75, 3.05) is 10.6 Å². The lowest BCUT2D eigenvalue weighted by Gasteiger charge is -2.15. The van der Waals surface area contributed by atoms with Gasteiger partial charge in [-0.1, -0.05) is 32.8 Å². The molecule has 0 bridgehead atoms. The summed E-state index contributed by atoms with van der Waals surface area (Å²) in [6.07, 6.45) is 4.10. The Morgan fingerprint density at radius 3 is 2.54 bits per heavy atom. The molecule has 0 unspecified atom stereocenters. The molecule has 1 aromatic heterocycles. The van der Waals surface area contributed by atoms with Crippen molar-refractivity contribution < 1.29 is 9.59 Å². The van der Waals surface area contributed by atoms with Crippen molar-refractivity contribution >= 4 is 34.5 Å². The van der Waals surface area contributed by atoms with Gasteiger partial charge >= 0.3 is 0 Å². The molecule has 5 nitrogen and oxygen atoms in total. The fraction of sp³-hybridized carbons (Fsp3) is 0.450. The summed E-state index contributed by atoms with van der Waals surface area (Å²) in [6.45, 7) is 6.06. The zero-order valence-corrected chi connectivity index (χ0v) is 16.3. The number of carbonyl (C=O) groups excluding carboxylic acids is 2. The smallest absolute Gasteiger partial charge is 0.275 e. The Morgan fingerprint density at radius 1 is 1.15 bits per heavy atom. The lowest BCUT2D eigenvalue weighted by molar-refractivity contribution is -0.119. The fourth-order valence-corrected chi connectivity index (χ4v) is 3.95. The molecule has 0 spiro atoms. The first-order valence-corrected chi connectivity index (χ1v) is 10.0. The van der Waals surface area contributed by atoms with Gasteiger partial charge in [0.05, 0.1) is 16.4 Å². The third-order valence-electron chi connectivity index (χ3n) is 4.66. The number of hydrogen-bond donors (Lipinski definition) is 2. The standard InChI is InChI=1S/C20H25N3O2S/c1-12(2)20-23-17(11-26-20)19(25)22-16-10-13(3)8-9-15(16)21-18(24)14-6-4-5-7-14/h8-12,14H,4-7H2,1-3H3,(H,21,24)(H,22,25). The molecule has 6 heteroatoms. The molecule has 3 rings (SSSR count). The third kappa shape index (κ3) is 4.30. The lowest BCUT2D eigenvalue weighted by atomic mass is 10.1. The molecule has 0 radical (unpaired) electrons. The van der Waals surface area contributed by atoms with Crippen LogP contribution in [0.15, 0.2) is 23.6 Å². The van der Waals surface area contributed by atoms with Crippen LogP contribution in [0, 0.1) is 12.8 Å². The summed E-state index contributed by atoms with van der Waals surface area (Å²) in [5, 5.41) is 8.61. The predicted octanol–water partition coefficient (Wildman–Crippen LogP) is 4.96. The summed E-state index contributed by atoms with van der Waals surface area (Å²) < 4.78 is 0. The Morgan fingerprint density at radius 2 is 1.88 bits per heavy atom. The minimum atomic E-state index is -0.255. The summed E-state index contributed by atoms with van der Waals surface area (Å²) in [4.78, 5) is 29.4. The largest absolute Gasteiger partial charge is 0.324 e. The van der Waals surface area contributed by atoms with Gasteiger partial charge in [0.15, 0.2) is 0 Å². The fourth-order valence-electron chi connectivity index (χ4n) is 3.14. The van der Waals surface area contributed by atoms with Crippen LogP contribution in [-0.2, 0) is 4.79 Å². The molecule has 1 aromatic carbocycles. The van der Waals surface area contributed by atoms with Crippen LogP contribution >= 0.6 is 11.3 Å². The molecule has 2 N–H and O–H groups in total. The molecule has 1 fully saturated rings. The van der Waals surface area contributed by atoms with Gasteiger partial charge in [0, 0.05) is 17.2 Å². The normalized spacial score (nSPS) is 14.6. The number of aromatic nitrogens is 1. The number of nitrogens with one attached hydrogen (secondary N) is 2. The van der Waals surface area contributed by atoms with E-state index in [-0.39, 0.29) is 17.7 Å². The van der Waals surface area contributed by atoms with Gasteiger partial charge in [0.2, 0.25) is 5.91 Å². The van der Waals surface area contributed by atoms with E-state index in [1.165, 1.54) is 11.3 Å². The minimum Gasteiger partial charge on any atom is -0.324 e. The van der Waals surface area contributed by atoms with E-state index >= 15 is 0 Å². The highest BCUT2D eigenvalue weighted by Gasteiger charge is 2.23. The molecular weight excluding hydrogens is 346 g/mol. The van der Waals surface area contributed by atoms with Gasteiger partial charge in [0.25, 0.3) is 5.91 Å². The SMILES string of the molecule is Cc1ccc(NC(=O)C2CCCC2)c(NC(=O)c2csc(C(C)C)n2)c1. The van der Waals surface area contributed by atoms with Crippen molar-refractivity contribution in [3.05, 3.63) is 39.8 Å². The van der Waals surface area contributed by atoms with Crippen molar-refractivity contribution in [1.29, 1.82) is 0 Å². The van der Waals surface area contributed by atoms with E-state index in [4.69, 9.17) is 0 Å². The van der Waals surface area contributed by atoms with Gasteiger partial charge in [-0.15, -0.1) is 11.3 Å². The molecule has 1 heterocycles. The lowest BCUT2D eigenvalue weighted by Crippen LogP contribution is -2.22. The molecule has 0 aliphatic heterocycles. The maximum Gasteiger partial charge on any atom is 0.275 e. The number of rotatable bonds is 5. The number of anilines is 2. The number of benzene rings is 1. The van der Waals surface area contributed by atoms with E-state index in [1.54, 1.807) is 5.38 Å². The first-order valence-electron chi connectivity index (χ1n) is 9.12. The van der Waals surface area contributed by atoms with Crippen LogP contribution in [0.3, 0.4) is 0 Å². The summed E-state index contributed by atoms with van der Waals surface area (Å²) in [5.41, 5.74) is 2.68. The topological polar surface area (TPSA) is 71.1 Å². The maximum atomic E-state index is 12.6. The molecule has 2 aromatic rings. The average molecular weight is 372 g/mol. The van der Waals surface area contributed by atoms with Crippen LogP contribution in [0.4, 0.5) is 11.4 Å². The van der Waals surface area contributed by atoms with E-state index in [0.29, 0.717) is 23.0 Å². The van der Waals surface area contributed by atoms with E-state index < -0.39 is 0 Å². The monoisotopic (exact) mass is 371 g/mol. The number of nitrogens with zero attached hydrogens (tertiary/aromatic N) is 1. The highest BCUT2D eigenvalue weighted by Crippen LogP contribution is 2.29. The number of hydrogen-bond acceptors (Lipinski definition) is 4.